The Morgan fingerprint density at radius 1 is 1.11 bits per heavy atom. The highest BCUT2D eigenvalue weighted by Crippen LogP contribution is 2.02. The molecule has 0 aromatic carbocycles. The van der Waals surface area contributed by atoms with Gasteiger partial charge in [-0.2, -0.15) is 0 Å². The van der Waals surface area contributed by atoms with Gasteiger partial charge in [0.25, 0.3) is 0 Å². The van der Waals surface area contributed by atoms with Crippen molar-refractivity contribution in [2.24, 2.45) is 0 Å². The van der Waals surface area contributed by atoms with Gasteiger partial charge in [0.2, 0.25) is 0 Å². The zero-order valence-electron chi connectivity index (χ0n) is 5.32. The van der Waals surface area contributed by atoms with Crippen molar-refractivity contribution in [3.63, 3.8) is 0 Å². The van der Waals surface area contributed by atoms with E-state index in [9.17, 15) is 0 Å². The van der Waals surface area contributed by atoms with Crippen molar-refractivity contribution in [3.8, 4) is 0 Å². The lowest BCUT2D eigenvalue weighted by atomic mass is 10.7. The predicted octanol–water partition coefficient (Wildman–Crippen LogP) is 3.20. The molecule has 0 N–H and O–H groups in total. The molecule has 0 saturated carbocycles. The molecule has 0 heterocycles. The largest absolute Gasteiger partial charge is 0.470 e. The van der Waals surface area contributed by atoms with Crippen LogP contribution in [0.4, 0.5) is 0 Å². The molecule has 3 heteroatoms. The maximum absolute atomic E-state index is 5.42. The van der Waals surface area contributed by atoms with Crippen LogP contribution in [0.2, 0.25) is 0 Å². The van der Waals surface area contributed by atoms with Crippen LogP contribution in [0.25, 0.3) is 0 Å². The molecule has 0 aliphatic rings. The Labute approximate surface area is 64.9 Å². The third kappa shape index (κ3) is 7.86. The van der Waals surface area contributed by atoms with Crippen LogP contribution < -0.4 is 0 Å². The van der Waals surface area contributed by atoms with Gasteiger partial charge in [0.05, 0.1) is 10.1 Å². The van der Waals surface area contributed by atoms with Crippen molar-refractivity contribution < 1.29 is 4.74 Å². The molecule has 0 atom stereocenters. The number of rotatable bonds is 2. The number of allylic oxidation sites excluding steroid dienone is 2. The summed E-state index contributed by atoms with van der Waals surface area (Å²) in [5, 5.41) is 1.17. The van der Waals surface area contributed by atoms with Gasteiger partial charge in [-0.05, 0) is 13.8 Å². The molecule has 0 aromatic heterocycles. The standard InChI is InChI=1S/C6H8Cl2O/c1-5(7)3-9-4-6(2)8/h3-4H,1-2H3. The van der Waals surface area contributed by atoms with Crippen molar-refractivity contribution in [2.45, 2.75) is 13.8 Å². The Kier molecular flexibility index (Phi) is 4.64. The van der Waals surface area contributed by atoms with Gasteiger partial charge in [0.15, 0.2) is 0 Å². The van der Waals surface area contributed by atoms with Crippen LogP contribution in [0, 0.1) is 0 Å². The van der Waals surface area contributed by atoms with E-state index in [1.165, 1.54) is 12.5 Å². The van der Waals surface area contributed by atoms with Crippen LogP contribution in [0.5, 0.6) is 0 Å². The molecule has 0 aliphatic carbocycles. The second-order valence-corrected chi connectivity index (χ2v) is 2.74. The van der Waals surface area contributed by atoms with Crippen LogP contribution >= 0.6 is 23.2 Å². The molecular weight excluding hydrogens is 159 g/mol. The smallest absolute Gasteiger partial charge is 0.104 e. The molecule has 0 aliphatic heterocycles. The number of hydrogen-bond donors (Lipinski definition) is 0. The van der Waals surface area contributed by atoms with E-state index in [0.717, 1.165) is 0 Å². The third-order valence-electron chi connectivity index (χ3n) is 0.461. The van der Waals surface area contributed by atoms with Gasteiger partial charge in [-0.1, -0.05) is 23.2 Å². The lowest BCUT2D eigenvalue weighted by Crippen LogP contribution is -1.67. The minimum atomic E-state index is 0.587. The molecule has 0 amide bonds. The summed E-state index contributed by atoms with van der Waals surface area (Å²) >= 11 is 10.8. The van der Waals surface area contributed by atoms with Crippen LogP contribution in [0.3, 0.4) is 0 Å². The number of ether oxygens (including phenoxy) is 1. The molecule has 0 unspecified atom stereocenters. The topological polar surface area (TPSA) is 9.23 Å². The fraction of sp³-hybridized carbons (Fsp3) is 0.333. The van der Waals surface area contributed by atoms with Crippen molar-refractivity contribution in [1.82, 2.24) is 0 Å². The Morgan fingerprint density at radius 2 is 1.44 bits per heavy atom. The van der Waals surface area contributed by atoms with Crippen molar-refractivity contribution in [2.75, 3.05) is 0 Å². The molecule has 0 bridgehead atoms. The minimum Gasteiger partial charge on any atom is -0.470 e. The van der Waals surface area contributed by atoms with Crippen molar-refractivity contribution in [3.05, 3.63) is 22.6 Å². The van der Waals surface area contributed by atoms with Crippen LogP contribution in [-0.2, 0) is 4.74 Å². The number of hydrogen-bond acceptors (Lipinski definition) is 1. The van der Waals surface area contributed by atoms with E-state index in [2.05, 4.69) is 0 Å². The van der Waals surface area contributed by atoms with Crippen LogP contribution in [-0.4, -0.2) is 0 Å². The first-order valence-corrected chi connectivity index (χ1v) is 3.18. The van der Waals surface area contributed by atoms with Gasteiger partial charge in [-0.15, -0.1) is 0 Å². The van der Waals surface area contributed by atoms with Gasteiger partial charge in [0.1, 0.15) is 12.5 Å². The van der Waals surface area contributed by atoms with Crippen molar-refractivity contribution >= 4 is 23.2 Å². The summed E-state index contributed by atoms with van der Waals surface area (Å²) < 4.78 is 4.77. The van der Waals surface area contributed by atoms with Gasteiger partial charge >= 0.3 is 0 Å². The normalized spacial score (nSPS) is 13.8. The highest BCUT2D eigenvalue weighted by molar-refractivity contribution is 6.29. The van der Waals surface area contributed by atoms with Crippen LogP contribution in [0.1, 0.15) is 13.8 Å². The maximum Gasteiger partial charge on any atom is 0.104 e. The summed E-state index contributed by atoms with van der Waals surface area (Å²) in [6.45, 7) is 3.44. The summed E-state index contributed by atoms with van der Waals surface area (Å²) in [6, 6.07) is 0. The van der Waals surface area contributed by atoms with Gasteiger partial charge in [-0.3, -0.25) is 0 Å². The lowest BCUT2D eigenvalue weighted by Gasteiger charge is -1.89. The molecular formula is C6H8Cl2O. The van der Waals surface area contributed by atoms with E-state index in [1.54, 1.807) is 13.8 Å². The molecule has 0 rings (SSSR count). The van der Waals surface area contributed by atoms with E-state index in [0.29, 0.717) is 10.1 Å². The minimum absolute atomic E-state index is 0.587. The lowest BCUT2D eigenvalue weighted by molar-refractivity contribution is 0.398. The molecule has 1 nitrogen and oxygen atoms in total. The Morgan fingerprint density at radius 3 is 1.67 bits per heavy atom. The predicted molar refractivity (Wildman–Crippen MR) is 40.3 cm³/mol. The summed E-state index contributed by atoms with van der Waals surface area (Å²) in [4.78, 5) is 0. The Balaban J connectivity index is 3.53. The molecule has 0 fully saturated rings. The van der Waals surface area contributed by atoms with Gasteiger partial charge < -0.3 is 4.74 Å². The van der Waals surface area contributed by atoms with E-state index >= 15 is 0 Å². The summed E-state index contributed by atoms with van der Waals surface area (Å²) in [5.41, 5.74) is 0. The highest BCUT2D eigenvalue weighted by atomic mass is 35.5. The van der Waals surface area contributed by atoms with Gasteiger partial charge in [-0.25, -0.2) is 0 Å². The van der Waals surface area contributed by atoms with E-state index in [-0.39, 0.29) is 0 Å². The summed E-state index contributed by atoms with van der Waals surface area (Å²) in [7, 11) is 0. The average molecular weight is 167 g/mol. The first-order chi connectivity index (χ1) is 4.13. The van der Waals surface area contributed by atoms with Crippen LogP contribution in [0.15, 0.2) is 22.6 Å². The molecule has 0 aromatic rings. The fourth-order valence-electron chi connectivity index (χ4n) is 0.222. The second kappa shape index (κ2) is 4.71. The van der Waals surface area contributed by atoms with Crippen molar-refractivity contribution in [1.29, 1.82) is 0 Å². The summed E-state index contributed by atoms with van der Waals surface area (Å²) in [5.74, 6) is 0. The number of halogens is 2. The molecule has 0 saturated heterocycles. The van der Waals surface area contributed by atoms with Gasteiger partial charge in [0, 0.05) is 0 Å². The van der Waals surface area contributed by atoms with E-state index < -0.39 is 0 Å². The zero-order chi connectivity index (χ0) is 7.28. The highest BCUT2D eigenvalue weighted by Gasteiger charge is 1.78. The zero-order valence-corrected chi connectivity index (χ0v) is 6.83. The SMILES string of the molecule is CC(Cl)=COC=C(C)Cl. The van der Waals surface area contributed by atoms with E-state index in [1.807, 2.05) is 0 Å². The second-order valence-electron chi connectivity index (χ2n) is 1.55. The molecule has 0 radical (unpaired) electrons. The van der Waals surface area contributed by atoms with E-state index in [4.69, 9.17) is 27.9 Å². The third-order valence-corrected chi connectivity index (χ3v) is 0.639. The average Bonchev–Trinajstić information content (AvgIpc) is 1.63. The fourth-order valence-corrected chi connectivity index (χ4v) is 0.324. The molecule has 52 valence electrons. The molecule has 0 spiro atoms. The summed E-state index contributed by atoms with van der Waals surface area (Å²) in [6.07, 6.45) is 2.82. The quantitative estimate of drug-likeness (QED) is 0.573. The first kappa shape index (κ1) is 8.86. The first-order valence-electron chi connectivity index (χ1n) is 2.43. The Hall–Kier alpha value is -0.140. The Bertz CT molecular complexity index is 114. The monoisotopic (exact) mass is 166 g/mol. The molecule has 9 heavy (non-hydrogen) atoms. The maximum atomic E-state index is 5.42.